The van der Waals surface area contributed by atoms with Gasteiger partial charge in [-0.3, -0.25) is 24.5 Å². The molecule has 162 valence electrons. The molecule has 1 fully saturated rings. The third-order valence-electron chi connectivity index (χ3n) is 5.30. The maximum absolute atomic E-state index is 12.4. The predicted molar refractivity (Wildman–Crippen MR) is 114 cm³/mol. The Kier molecular flexibility index (Phi) is 6.33. The van der Waals surface area contributed by atoms with E-state index in [1.807, 2.05) is 32.0 Å². The second kappa shape index (κ2) is 8.95. The summed E-state index contributed by atoms with van der Waals surface area (Å²) in [5.41, 5.74) is 3.46. The van der Waals surface area contributed by atoms with E-state index in [0.29, 0.717) is 5.56 Å². The Hall–Kier alpha value is -3.75. The molecule has 1 aliphatic heterocycles. The molecule has 1 N–H and O–H groups in total. The van der Waals surface area contributed by atoms with Gasteiger partial charge in [-0.1, -0.05) is 12.1 Å². The number of nitrogens with one attached hydrogen (secondary N) is 1. The highest BCUT2D eigenvalue weighted by Crippen LogP contribution is 2.27. The van der Waals surface area contributed by atoms with Crippen LogP contribution >= 0.6 is 0 Å². The molecule has 1 aliphatic rings. The first kappa shape index (κ1) is 21.9. The Morgan fingerprint density at radius 1 is 1.13 bits per heavy atom. The molecule has 0 unspecified atom stereocenters. The van der Waals surface area contributed by atoms with Gasteiger partial charge in [0, 0.05) is 36.0 Å². The first-order valence-electron chi connectivity index (χ1n) is 9.75. The Labute approximate surface area is 179 Å². The van der Waals surface area contributed by atoms with E-state index >= 15 is 0 Å². The van der Waals surface area contributed by atoms with Gasteiger partial charge in [-0.05, 0) is 50.1 Å². The number of anilines is 2. The van der Waals surface area contributed by atoms with E-state index in [1.165, 1.54) is 18.2 Å². The van der Waals surface area contributed by atoms with Crippen molar-refractivity contribution in [3.63, 3.8) is 0 Å². The van der Waals surface area contributed by atoms with Gasteiger partial charge in [0.25, 0.3) is 11.6 Å². The van der Waals surface area contributed by atoms with E-state index in [9.17, 15) is 24.5 Å². The minimum Gasteiger partial charge on any atom is -0.455 e. The molecule has 0 aliphatic carbocycles. The lowest BCUT2D eigenvalue weighted by Gasteiger charge is -2.17. The number of hydrogen-bond acceptors (Lipinski definition) is 6. The van der Waals surface area contributed by atoms with Crippen LogP contribution in [0.4, 0.5) is 17.1 Å². The number of nitro benzene ring substituents is 1. The number of amides is 2. The fraction of sp³-hybridized carbons (Fsp3) is 0.318. The molecule has 9 heteroatoms. The lowest BCUT2D eigenvalue weighted by molar-refractivity contribution is -0.385. The number of carbonyl (C=O) groups excluding carboxylic acids is 3. The van der Waals surface area contributed by atoms with Crippen LogP contribution in [0.3, 0.4) is 0 Å². The van der Waals surface area contributed by atoms with Gasteiger partial charge < -0.3 is 15.0 Å². The summed E-state index contributed by atoms with van der Waals surface area (Å²) >= 11 is 0. The third kappa shape index (κ3) is 5.06. The van der Waals surface area contributed by atoms with Gasteiger partial charge in [0.15, 0.2) is 6.61 Å². The minimum atomic E-state index is -0.664. The highest BCUT2D eigenvalue weighted by atomic mass is 16.6. The van der Waals surface area contributed by atoms with E-state index in [-0.39, 0.29) is 30.2 Å². The fourth-order valence-corrected chi connectivity index (χ4v) is 3.34. The summed E-state index contributed by atoms with van der Waals surface area (Å²) in [4.78, 5) is 48.8. The number of ether oxygens (including phenoxy) is 1. The van der Waals surface area contributed by atoms with Crippen molar-refractivity contribution in [2.24, 2.45) is 5.92 Å². The van der Waals surface area contributed by atoms with Gasteiger partial charge >= 0.3 is 5.97 Å². The summed E-state index contributed by atoms with van der Waals surface area (Å²) in [6.07, 6.45) is 0.0114. The quantitative estimate of drug-likeness (QED) is 0.432. The van der Waals surface area contributed by atoms with Gasteiger partial charge in [0.05, 0.1) is 10.8 Å². The van der Waals surface area contributed by atoms with Crippen LogP contribution in [0, 0.1) is 36.8 Å². The molecule has 0 radical (unpaired) electrons. The monoisotopic (exact) mass is 425 g/mol. The van der Waals surface area contributed by atoms with Crippen LogP contribution in [0.1, 0.15) is 23.1 Å². The average molecular weight is 425 g/mol. The Morgan fingerprint density at radius 2 is 1.84 bits per heavy atom. The number of carbonyl (C=O) groups is 3. The van der Waals surface area contributed by atoms with E-state index in [2.05, 4.69) is 5.32 Å². The van der Waals surface area contributed by atoms with Crippen LogP contribution in [-0.4, -0.2) is 35.9 Å². The second-order valence-corrected chi connectivity index (χ2v) is 7.59. The highest BCUT2D eigenvalue weighted by molar-refractivity contribution is 6.00. The van der Waals surface area contributed by atoms with E-state index in [4.69, 9.17) is 4.74 Å². The van der Waals surface area contributed by atoms with Gasteiger partial charge in [-0.25, -0.2) is 0 Å². The maximum Gasteiger partial charge on any atom is 0.311 e. The summed E-state index contributed by atoms with van der Waals surface area (Å²) in [6.45, 7) is 5.16. The van der Waals surface area contributed by atoms with Crippen molar-refractivity contribution >= 4 is 34.8 Å². The van der Waals surface area contributed by atoms with Crippen LogP contribution in [0.5, 0.6) is 0 Å². The molecular formula is C22H23N3O6. The number of nitro groups is 1. The van der Waals surface area contributed by atoms with Crippen molar-refractivity contribution < 1.29 is 24.0 Å². The average Bonchev–Trinajstić information content (AvgIpc) is 3.11. The molecule has 9 nitrogen and oxygen atoms in total. The summed E-state index contributed by atoms with van der Waals surface area (Å²) in [5, 5.41) is 13.5. The molecule has 31 heavy (non-hydrogen) atoms. The summed E-state index contributed by atoms with van der Waals surface area (Å²) in [6, 6.07) is 9.94. The standard InChI is InChI=1S/C22H23N3O6/c1-13-5-7-18(8-15(13)3)24-11-16(9-21(24)27)22(28)31-12-20(26)23-17-6-4-14(2)19(10-17)25(29)30/h4-8,10,16H,9,11-12H2,1-3H3,(H,23,26)/t16-/m0/s1. The molecule has 2 aromatic rings. The van der Waals surface area contributed by atoms with E-state index in [1.54, 1.807) is 11.8 Å². The third-order valence-corrected chi connectivity index (χ3v) is 5.30. The highest BCUT2D eigenvalue weighted by Gasteiger charge is 2.36. The molecule has 0 spiro atoms. The van der Waals surface area contributed by atoms with Crippen LogP contribution in [0.15, 0.2) is 36.4 Å². The molecule has 2 amide bonds. The van der Waals surface area contributed by atoms with Crippen molar-refractivity contribution in [2.75, 3.05) is 23.4 Å². The SMILES string of the molecule is Cc1ccc(N2C[C@@H](C(=O)OCC(=O)Nc3ccc(C)c([N+](=O)[O-])c3)CC2=O)cc1C. The summed E-state index contributed by atoms with van der Waals surface area (Å²) < 4.78 is 5.07. The zero-order valence-electron chi connectivity index (χ0n) is 17.5. The van der Waals surface area contributed by atoms with Crippen molar-refractivity contribution in [3.8, 4) is 0 Å². The number of esters is 1. The molecule has 3 rings (SSSR count). The van der Waals surface area contributed by atoms with Crippen molar-refractivity contribution in [2.45, 2.75) is 27.2 Å². The number of hydrogen-bond donors (Lipinski definition) is 1. The molecule has 0 bridgehead atoms. The topological polar surface area (TPSA) is 119 Å². The van der Waals surface area contributed by atoms with Crippen LogP contribution in [-0.2, 0) is 19.1 Å². The van der Waals surface area contributed by atoms with Crippen molar-refractivity contribution in [1.29, 1.82) is 0 Å². The number of benzene rings is 2. The van der Waals surface area contributed by atoms with Crippen molar-refractivity contribution in [3.05, 3.63) is 63.2 Å². The summed E-state index contributed by atoms with van der Waals surface area (Å²) in [7, 11) is 0. The van der Waals surface area contributed by atoms with Crippen LogP contribution < -0.4 is 10.2 Å². The van der Waals surface area contributed by atoms with Gasteiger partial charge in [0.2, 0.25) is 5.91 Å². The van der Waals surface area contributed by atoms with E-state index < -0.39 is 29.3 Å². The van der Waals surface area contributed by atoms with Crippen LogP contribution in [0.25, 0.3) is 0 Å². The molecule has 0 aromatic heterocycles. The minimum absolute atomic E-state index is 0.0114. The first-order chi connectivity index (χ1) is 14.7. The largest absolute Gasteiger partial charge is 0.455 e. The number of nitrogens with zero attached hydrogens (tertiary/aromatic N) is 2. The molecular weight excluding hydrogens is 402 g/mol. The summed E-state index contributed by atoms with van der Waals surface area (Å²) in [5.74, 6) is -2.10. The van der Waals surface area contributed by atoms with E-state index in [0.717, 1.165) is 16.8 Å². The fourth-order valence-electron chi connectivity index (χ4n) is 3.34. The Bertz CT molecular complexity index is 1070. The molecule has 0 saturated carbocycles. The normalized spacial score (nSPS) is 15.6. The maximum atomic E-state index is 12.4. The Morgan fingerprint density at radius 3 is 2.52 bits per heavy atom. The smallest absolute Gasteiger partial charge is 0.311 e. The molecule has 2 aromatic carbocycles. The molecule has 1 atom stereocenters. The lowest BCUT2D eigenvalue weighted by Crippen LogP contribution is -2.28. The van der Waals surface area contributed by atoms with Gasteiger partial charge in [0.1, 0.15) is 0 Å². The first-order valence-corrected chi connectivity index (χ1v) is 9.75. The lowest BCUT2D eigenvalue weighted by atomic mass is 10.1. The van der Waals surface area contributed by atoms with Gasteiger partial charge in [-0.2, -0.15) is 0 Å². The van der Waals surface area contributed by atoms with Crippen molar-refractivity contribution in [1.82, 2.24) is 0 Å². The molecule has 1 heterocycles. The zero-order chi connectivity index (χ0) is 22.7. The Balaban J connectivity index is 1.55. The van der Waals surface area contributed by atoms with Gasteiger partial charge in [-0.15, -0.1) is 0 Å². The number of rotatable bonds is 6. The van der Waals surface area contributed by atoms with Crippen LogP contribution in [0.2, 0.25) is 0 Å². The predicted octanol–water partition coefficient (Wildman–Crippen LogP) is 3.05. The molecule has 1 saturated heterocycles. The number of aryl methyl sites for hydroxylation is 3. The zero-order valence-corrected chi connectivity index (χ0v) is 17.5. The second-order valence-electron chi connectivity index (χ2n) is 7.59.